The van der Waals surface area contributed by atoms with Crippen molar-refractivity contribution in [2.75, 3.05) is 6.26 Å². The van der Waals surface area contributed by atoms with Gasteiger partial charge in [0.05, 0.1) is 15.5 Å². The summed E-state index contributed by atoms with van der Waals surface area (Å²) in [6.45, 7) is 3.04. The van der Waals surface area contributed by atoms with E-state index in [0.717, 1.165) is 24.0 Å². The van der Waals surface area contributed by atoms with Crippen LogP contribution in [0.15, 0.2) is 16.6 Å². The van der Waals surface area contributed by atoms with Crippen LogP contribution in [0.1, 0.15) is 13.3 Å². The number of imidazole rings is 1. The molecule has 1 heterocycles. The van der Waals surface area contributed by atoms with Crippen molar-refractivity contribution in [1.29, 1.82) is 0 Å². The Kier molecular flexibility index (Phi) is 4.50. The second-order valence-corrected chi connectivity index (χ2v) is 6.72. The van der Waals surface area contributed by atoms with E-state index in [1.807, 2.05) is 16.3 Å². The lowest BCUT2D eigenvalue weighted by Gasteiger charge is -2.09. The van der Waals surface area contributed by atoms with Gasteiger partial charge in [0.1, 0.15) is 5.82 Å². The van der Waals surface area contributed by atoms with Gasteiger partial charge in [-0.05, 0) is 46.9 Å². The van der Waals surface area contributed by atoms with Crippen molar-refractivity contribution in [2.45, 2.75) is 25.1 Å². The molecule has 0 saturated heterocycles. The molecular weight excluding hydrogens is 335 g/mol. The minimum absolute atomic E-state index is 0.275. The zero-order chi connectivity index (χ0) is 13.3. The van der Waals surface area contributed by atoms with Crippen LogP contribution in [-0.4, -0.2) is 21.1 Å². The summed E-state index contributed by atoms with van der Waals surface area (Å²) in [5.41, 5.74) is 1.69. The molecule has 0 fully saturated rings. The van der Waals surface area contributed by atoms with Gasteiger partial charge < -0.3 is 9.55 Å². The van der Waals surface area contributed by atoms with E-state index in [4.69, 9.17) is 12.2 Å². The van der Waals surface area contributed by atoms with E-state index in [-0.39, 0.29) is 5.82 Å². The van der Waals surface area contributed by atoms with Crippen LogP contribution in [-0.2, 0) is 6.54 Å². The van der Waals surface area contributed by atoms with Gasteiger partial charge in [0.2, 0.25) is 0 Å². The molecule has 2 nitrogen and oxygen atoms in total. The maximum absolute atomic E-state index is 13.4. The lowest BCUT2D eigenvalue weighted by Crippen LogP contribution is -2.04. The first-order valence-corrected chi connectivity index (χ1v) is 8.12. The van der Waals surface area contributed by atoms with E-state index in [1.54, 1.807) is 6.07 Å². The molecule has 98 valence electrons. The van der Waals surface area contributed by atoms with Gasteiger partial charge in [-0.15, -0.1) is 0 Å². The molecule has 2 aromatic rings. The molecule has 2 rings (SSSR count). The summed E-state index contributed by atoms with van der Waals surface area (Å²) in [6, 6.07) is 3.25. The fraction of sp³-hybridized carbons (Fsp3) is 0.417. The van der Waals surface area contributed by atoms with Crippen LogP contribution >= 0.6 is 39.9 Å². The minimum atomic E-state index is -0.275. The summed E-state index contributed by atoms with van der Waals surface area (Å²) in [5, 5.41) is 0.584. The Morgan fingerprint density at radius 1 is 1.56 bits per heavy atom. The van der Waals surface area contributed by atoms with Crippen molar-refractivity contribution < 1.29 is 4.39 Å². The summed E-state index contributed by atoms with van der Waals surface area (Å²) in [6.07, 6.45) is 3.14. The molecule has 0 aliphatic carbocycles. The average Bonchev–Trinajstić information content (AvgIpc) is 2.62. The monoisotopic (exact) mass is 348 g/mol. The maximum atomic E-state index is 13.4. The quantitative estimate of drug-likeness (QED) is 0.805. The molecule has 0 amide bonds. The van der Waals surface area contributed by atoms with Crippen molar-refractivity contribution in [3.8, 4) is 0 Å². The molecule has 0 aliphatic rings. The Morgan fingerprint density at radius 3 is 2.94 bits per heavy atom. The number of aromatic amines is 1. The molecule has 1 N–H and O–H groups in total. The number of halogens is 2. The van der Waals surface area contributed by atoms with E-state index >= 15 is 0 Å². The predicted molar refractivity (Wildman–Crippen MR) is 82.4 cm³/mol. The second kappa shape index (κ2) is 5.75. The lowest BCUT2D eigenvalue weighted by atomic mass is 10.3. The van der Waals surface area contributed by atoms with Gasteiger partial charge >= 0.3 is 0 Å². The number of H-pyrrole nitrogens is 1. The van der Waals surface area contributed by atoms with Crippen LogP contribution in [0, 0.1) is 10.6 Å². The summed E-state index contributed by atoms with van der Waals surface area (Å²) < 4.78 is 16.6. The number of rotatable bonds is 4. The fourth-order valence-corrected chi connectivity index (χ4v) is 2.77. The molecule has 1 aromatic carbocycles. The van der Waals surface area contributed by atoms with Gasteiger partial charge in [-0.1, -0.05) is 6.92 Å². The lowest BCUT2D eigenvalue weighted by molar-refractivity contribution is 0.622. The van der Waals surface area contributed by atoms with Crippen molar-refractivity contribution in [3.63, 3.8) is 0 Å². The summed E-state index contributed by atoms with van der Waals surface area (Å²) >= 11 is 10.3. The van der Waals surface area contributed by atoms with Gasteiger partial charge in [0.25, 0.3) is 0 Å². The highest BCUT2D eigenvalue weighted by Crippen LogP contribution is 2.24. The molecule has 0 aliphatic heterocycles. The number of hydrogen-bond acceptors (Lipinski definition) is 2. The largest absolute Gasteiger partial charge is 0.330 e. The number of hydrogen-bond donors (Lipinski definition) is 1. The van der Waals surface area contributed by atoms with Crippen molar-refractivity contribution in [2.24, 2.45) is 0 Å². The Hall–Kier alpha value is -0.330. The molecule has 6 heteroatoms. The molecule has 0 bridgehead atoms. The molecule has 0 saturated carbocycles. The normalized spacial score (nSPS) is 13.1. The molecule has 0 spiro atoms. The van der Waals surface area contributed by atoms with Crippen molar-refractivity contribution >= 4 is 50.9 Å². The molecule has 1 aromatic heterocycles. The van der Waals surface area contributed by atoms with Gasteiger partial charge in [-0.25, -0.2) is 4.39 Å². The van der Waals surface area contributed by atoms with Crippen LogP contribution in [0.5, 0.6) is 0 Å². The van der Waals surface area contributed by atoms with Gasteiger partial charge in [-0.3, -0.25) is 0 Å². The first-order valence-electron chi connectivity index (χ1n) is 5.63. The van der Waals surface area contributed by atoms with E-state index < -0.39 is 0 Å². The number of nitrogens with zero attached hydrogens (tertiary/aromatic N) is 1. The van der Waals surface area contributed by atoms with Crippen LogP contribution in [0.25, 0.3) is 11.0 Å². The summed E-state index contributed by atoms with van der Waals surface area (Å²) in [5.74, 6) is -0.275. The molecule has 0 radical (unpaired) electrons. The van der Waals surface area contributed by atoms with Crippen LogP contribution in [0.3, 0.4) is 0 Å². The standard InChI is InChI=1S/C12H14BrFN2S2/c1-7(18-2)3-4-16-11-5-8(13)9(14)6-10(11)15-12(16)17/h5-7H,3-4H2,1-2H3,(H,15,17). The van der Waals surface area contributed by atoms with Crippen LogP contribution in [0.4, 0.5) is 4.39 Å². The van der Waals surface area contributed by atoms with Gasteiger partial charge in [0.15, 0.2) is 4.77 Å². The highest BCUT2D eigenvalue weighted by Gasteiger charge is 2.09. The Bertz CT molecular complexity index is 620. The van der Waals surface area contributed by atoms with E-state index in [2.05, 4.69) is 34.1 Å². The number of nitrogens with one attached hydrogen (secondary N) is 1. The molecular formula is C12H14BrFN2S2. The van der Waals surface area contributed by atoms with Gasteiger partial charge in [0, 0.05) is 17.9 Å². The second-order valence-electron chi connectivity index (χ2n) is 4.20. The first kappa shape index (κ1) is 14.1. The van der Waals surface area contributed by atoms with Crippen LogP contribution < -0.4 is 0 Å². The predicted octanol–water partition coefficient (Wildman–Crippen LogP) is 4.74. The third-order valence-electron chi connectivity index (χ3n) is 2.98. The molecule has 18 heavy (non-hydrogen) atoms. The van der Waals surface area contributed by atoms with Crippen molar-refractivity contribution in [3.05, 3.63) is 27.2 Å². The Morgan fingerprint density at radius 2 is 2.28 bits per heavy atom. The summed E-state index contributed by atoms with van der Waals surface area (Å²) in [4.78, 5) is 3.05. The maximum Gasteiger partial charge on any atom is 0.178 e. The average molecular weight is 349 g/mol. The smallest absolute Gasteiger partial charge is 0.178 e. The van der Waals surface area contributed by atoms with E-state index in [0.29, 0.717) is 14.5 Å². The van der Waals surface area contributed by atoms with Gasteiger partial charge in [-0.2, -0.15) is 11.8 Å². The highest BCUT2D eigenvalue weighted by molar-refractivity contribution is 9.10. The Labute approximate surface area is 123 Å². The zero-order valence-corrected chi connectivity index (χ0v) is 13.4. The Balaban J connectivity index is 2.41. The number of aryl methyl sites for hydroxylation is 1. The van der Waals surface area contributed by atoms with E-state index in [1.165, 1.54) is 6.07 Å². The molecule has 1 unspecified atom stereocenters. The first-order chi connectivity index (χ1) is 8.52. The molecule has 1 atom stereocenters. The minimum Gasteiger partial charge on any atom is -0.330 e. The highest BCUT2D eigenvalue weighted by atomic mass is 79.9. The van der Waals surface area contributed by atoms with Crippen LogP contribution in [0.2, 0.25) is 0 Å². The summed E-state index contributed by atoms with van der Waals surface area (Å²) in [7, 11) is 0. The third kappa shape index (κ3) is 2.81. The van der Waals surface area contributed by atoms with E-state index in [9.17, 15) is 4.39 Å². The van der Waals surface area contributed by atoms with Crippen molar-refractivity contribution in [1.82, 2.24) is 9.55 Å². The number of fused-ring (bicyclic) bond motifs is 1. The number of thioether (sulfide) groups is 1. The number of benzene rings is 1. The fourth-order valence-electron chi connectivity index (χ4n) is 1.80. The third-order valence-corrected chi connectivity index (χ3v) is 4.95. The zero-order valence-electron chi connectivity index (χ0n) is 10.2. The topological polar surface area (TPSA) is 20.7 Å². The number of aromatic nitrogens is 2. The SMILES string of the molecule is CSC(C)CCn1c(=S)[nH]c2cc(F)c(Br)cc21.